The minimum Gasteiger partial charge on any atom is -0.493 e. The molecule has 8 nitrogen and oxygen atoms in total. The molecule has 1 aliphatic heterocycles. The molecule has 0 atom stereocenters. The van der Waals surface area contributed by atoms with E-state index in [0.29, 0.717) is 29.3 Å². The predicted molar refractivity (Wildman–Crippen MR) is 115 cm³/mol. The molecule has 8 heteroatoms. The van der Waals surface area contributed by atoms with Crippen molar-refractivity contribution in [2.75, 3.05) is 38.1 Å². The standard InChI is InChI=1S/C23H22N2O6/c1-28-18-9-8-16(20(29-2)21(18)30-3)22(26)24-15-7-6-14-10-11-25(17(14)13-15)23(27)19-5-4-12-31-19/h4-9,12-13H,10-11H2,1-3H3,(H,24,26). The number of benzene rings is 2. The van der Waals surface area contributed by atoms with Crippen molar-refractivity contribution in [3.05, 3.63) is 65.6 Å². The Morgan fingerprint density at radius 2 is 1.81 bits per heavy atom. The van der Waals surface area contributed by atoms with Gasteiger partial charge in [-0.25, -0.2) is 0 Å². The van der Waals surface area contributed by atoms with Crippen molar-refractivity contribution < 1.29 is 28.2 Å². The van der Waals surface area contributed by atoms with Crippen LogP contribution in [0.5, 0.6) is 17.2 Å². The molecule has 0 spiro atoms. The molecule has 2 heterocycles. The van der Waals surface area contributed by atoms with Crippen LogP contribution in [0.3, 0.4) is 0 Å². The van der Waals surface area contributed by atoms with Gasteiger partial charge in [-0.15, -0.1) is 0 Å². The van der Waals surface area contributed by atoms with E-state index in [1.165, 1.54) is 27.6 Å². The van der Waals surface area contributed by atoms with Crippen molar-refractivity contribution in [3.63, 3.8) is 0 Å². The summed E-state index contributed by atoms with van der Waals surface area (Å²) < 4.78 is 21.3. The fourth-order valence-corrected chi connectivity index (χ4v) is 3.68. The molecular weight excluding hydrogens is 400 g/mol. The summed E-state index contributed by atoms with van der Waals surface area (Å²) >= 11 is 0. The molecule has 0 fully saturated rings. The zero-order valence-corrected chi connectivity index (χ0v) is 17.4. The Labute approximate surface area is 179 Å². The van der Waals surface area contributed by atoms with Crippen molar-refractivity contribution in [2.24, 2.45) is 0 Å². The van der Waals surface area contributed by atoms with E-state index < -0.39 is 0 Å². The van der Waals surface area contributed by atoms with Gasteiger partial charge in [0.25, 0.3) is 11.8 Å². The summed E-state index contributed by atoms with van der Waals surface area (Å²) in [7, 11) is 4.45. The zero-order valence-electron chi connectivity index (χ0n) is 17.4. The minimum absolute atomic E-state index is 0.214. The molecule has 0 saturated carbocycles. The molecule has 1 aromatic heterocycles. The van der Waals surface area contributed by atoms with Gasteiger partial charge in [-0.3, -0.25) is 9.59 Å². The summed E-state index contributed by atoms with van der Waals surface area (Å²) in [5, 5.41) is 2.87. The molecule has 2 amide bonds. The van der Waals surface area contributed by atoms with E-state index in [-0.39, 0.29) is 23.3 Å². The first kappa shape index (κ1) is 20.3. The molecule has 4 rings (SSSR count). The first-order valence-electron chi connectivity index (χ1n) is 9.66. The SMILES string of the molecule is COc1ccc(C(=O)Nc2ccc3c(c2)N(C(=O)c2ccco2)CC3)c(OC)c1OC. The van der Waals surface area contributed by atoms with Crippen LogP contribution < -0.4 is 24.4 Å². The highest BCUT2D eigenvalue weighted by molar-refractivity contribution is 6.08. The Kier molecular flexibility index (Phi) is 5.53. The van der Waals surface area contributed by atoms with Crippen LogP contribution in [0.15, 0.2) is 53.1 Å². The number of methoxy groups -OCH3 is 3. The van der Waals surface area contributed by atoms with Crippen molar-refractivity contribution in [1.29, 1.82) is 0 Å². The van der Waals surface area contributed by atoms with Gasteiger partial charge < -0.3 is 28.8 Å². The van der Waals surface area contributed by atoms with Crippen LogP contribution in [0.2, 0.25) is 0 Å². The quantitative estimate of drug-likeness (QED) is 0.651. The lowest BCUT2D eigenvalue weighted by molar-refractivity contribution is 0.0962. The molecule has 2 aromatic carbocycles. The van der Waals surface area contributed by atoms with E-state index in [1.54, 1.807) is 35.2 Å². The number of anilines is 2. The van der Waals surface area contributed by atoms with Crippen LogP contribution in [-0.2, 0) is 6.42 Å². The van der Waals surface area contributed by atoms with E-state index in [9.17, 15) is 9.59 Å². The zero-order chi connectivity index (χ0) is 22.0. The molecular formula is C23H22N2O6. The van der Waals surface area contributed by atoms with Gasteiger partial charge in [0.05, 0.1) is 33.2 Å². The number of fused-ring (bicyclic) bond motifs is 1. The molecule has 1 aliphatic rings. The number of furan rings is 1. The number of nitrogens with zero attached hydrogens (tertiary/aromatic N) is 1. The average molecular weight is 422 g/mol. The number of hydrogen-bond acceptors (Lipinski definition) is 6. The second kappa shape index (κ2) is 8.43. The maximum atomic E-state index is 13.0. The van der Waals surface area contributed by atoms with Crippen LogP contribution in [0.25, 0.3) is 0 Å². The Morgan fingerprint density at radius 3 is 2.48 bits per heavy atom. The fourth-order valence-electron chi connectivity index (χ4n) is 3.68. The van der Waals surface area contributed by atoms with Crippen molar-refractivity contribution in [3.8, 4) is 17.2 Å². The lowest BCUT2D eigenvalue weighted by atomic mass is 10.1. The van der Waals surface area contributed by atoms with Crippen molar-refractivity contribution in [1.82, 2.24) is 0 Å². The highest BCUT2D eigenvalue weighted by Gasteiger charge is 2.28. The summed E-state index contributed by atoms with van der Waals surface area (Å²) in [6.07, 6.45) is 2.21. The molecule has 1 N–H and O–H groups in total. The Hall–Kier alpha value is -3.94. The lowest BCUT2D eigenvalue weighted by Gasteiger charge is -2.18. The Balaban J connectivity index is 1.61. The van der Waals surface area contributed by atoms with Gasteiger partial charge in [-0.1, -0.05) is 6.07 Å². The summed E-state index contributed by atoms with van der Waals surface area (Å²) in [5.74, 6) is 0.753. The van der Waals surface area contributed by atoms with E-state index in [4.69, 9.17) is 18.6 Å². The maximum absolute atomic E-state index is 13.0. The highest BCUT2D eigenvalue weighted by Crippen LogP contribution is 2.40. The second-order valence-electron chi connectivity index (χ2n) is 6.86. The molecule has 0 bridgehead atoms. The van der Waals surface area contributed by atoms with Crippen molar-refractivity contribution >= 4 is 23.2 Å². The number of carbonyl (C=O) groups is 2. The molecule has 31 heavy (non-hydrogen) atoms. The van der Waals surface area contributed by atoms with Gasteiger partial charge in [-0.2, -0.15) is 0 Å². The number of hydrogen-bond donors (Lipinski definition) is 1. The third-order valence-electron chi connectivity index (χ3n) is 5.16. The van der Waals surface area contributed by atoms with Gasteiger partial charge >= 0.3 is 0 Å². The van der Waals surface area contributed by atoms with Crippen LogP contribution in [-0.4, -0.2) is 39.7 Å². The van der Waals surface area contributed by atoms with Crippen molar-refractivity contribution in [2.45, 2.75) is 6.42 Å². The lowest BCUT2D eigenvalue weighted by Crippen LogP contribution is -2.28. The summed E-state index contributed by atoms with van der Waals surface area (Å²) in [5.41, 5.74) is 2.63. The normalized spacial score (nSPS) is 12.3. The monoisotopic (exact) mass is 422 g/mol. The topological polar surface area (TPSA) is 90.2 Å². The van der Waals surface area contributed by atoms with Gasteiger partial charge in [0.1, 0.15) is 0 Å². The first-order chi connectivity index (χ1) is 15.1. The largest absolute Gasteiger partial charge is 0.493 e. The van der Waals surface area contributed by atoms with Crippen LogP contribution >= 0.6 is 0 Å². The third kappa shape index (κ3) is 3.68. The van der Waals surface area contributed by atoms with E-state index in [1.807, 2.05) is 12.1 Å². The number of nitrogens with one attached hydrogen (secondary N) is 1. The third-order valence-corrected chi connectivity index (χ3v) is 5.16. The molecule has 160 valence electrons. The highest BCUT2D eigenvalue weighted by atomic mass is 16.5. The van der Waals surface area contributed by atoms with Gasteiger partial charge in [-0.05, 0) is 48.4 Å². The Morgan fingerprint density at radius 1 is 1.00 bits per heavy atom. The smallest absolute Gasteiger partial charge is 0.293 e. The summed E-state index contributed by atoms with van der Waals surface area (Å²) in [6.45, 7) is 0.551. The van der Waals surface area contributed by atoms with Gasteiger partial charge in [0, 0.05) is 17.9 Å². The number of rotatable bonds is 6. The average Bonchev–Trinajstić information content (AvgIpc) is 3.47. The fraction of sp³-hybridized carbons (Fsp3) is 0.217. The molecule has 0 radical (unpaired) electrons. The molecule has 3 aromatic rings. The summed E-state index contributed by atoms with van der Waals surface area (Å²) in [4.78, 5) is 27.4. The number of carbonyl (C=O) groups excluding carboxylic acids is 2. The van der Waals surface area contributed by atoms with E-state index >= 15 is 0 Å². The molecule has 0 aliphatic carbocycles. The maximum Gasteiger partial charge on any atom is 0.293 e. The number of amides is 2. The summed E-state index contributed by atoms with van der Waals surface area (Å²) in [6, 6.07) is 12.1. The molecule has 0 unspecified atom stereocenters. The van der Waals surface area contributed by atoms with Gasteiger partial charge in [0.2, 0.25) is 5.75 Å². The first-order valence-corrected chi connectivity index (χ1v) is 9.66. The van der Waals surface area contributed by atoms with E-state index in [0.717, 1.165) is 17.7 Å². The van der Waals surface area contributed by atoms with Crippen LogP contribution in [0, 0.1) is 0 Å². The molecule has 0 saturated heterocycles. The number of ether oxygens (including phenoxy) is 3. The Bertz CT molecular complexity index is 1120. The van der Waals surface area contributed by atoms with E-state index in [2.05, 4.69) is 5.32 Å². The van der Waals surface area contributed by atoms with Crippen LogP contribution in [0.1, 0.15) is 26.5 Å². The second-order valence-corrected chi connectivity index (χ2v) is 6.86. The minimum atomic E-state index is -0.375. The van der Waals surface area contributed by atoms with Crippen LogP contribution in [0.4, 0.5) is 11.4 Å². The predicted octanol–water partition coefficient (Wildman–Crippen LogP) is 3.76. The van der Waals surface area contributed by atoms with Gasteiger partial charge in [0.15, 0.2) is 17.3 Å².